The number of rotatable bonds is 4. The van der Waals surface area contributed by atoms with Crippen LogP contribution in [0.15, 0.2) is 65.5 Å². The number of H-pyrrole nitrogens is 1. The number of hydrogen-bond donors (Lipinski definition) is 2. The summed E-state index contributed by atoms with van der Waals surface area (Å²) >= 11 is 0. The van der Waals surface area contributed by atoms with Gasteiger partial charge in [-0.25, -0.2) is 19.4 Å². The van der Waals surface area contributed by atoms with Crippen molar-refractivity contribution in [2.45, 2.75) is 6.42 Å². The lowest BCUT2D eigenvalue weighted by atomic mass is 10.0. The van der Waals surface area contributed by atoms with Gasteiger partial charge in [-0.15, -0.1) is 0 Å². The highest BCUT2D eigenvalue weighted by Crippen LogP contribution is 2.55. The molecule has 0 spiro atoms. The third kappa shape index (κ3) is 4.24. The fourth-order valence-electron chi connectivity index (χ4n) is 4.33. The Hall–Kier alpha value is -3.22. The van der Waals surface area contributed by atoms with E-state index in [0.29, 0.717) is 54.0 Å². The Morgan fingerprint density at radius 3 is 2.52 bits per heavy atom. The van der Waals surface area contributed by atoms with Crippen LogP contribution in [-0.4, -0.2) is 45.5 Å². The first-order chi connectivity index (χ1) is 15.9. The van der Waals surface area contributed by atoms with Gasteiger partial charge in [0, 0.05) is 11.8 Å². The zero-order valence-corrected chi connectivity index (χ0v) is 18.6. The zero-order valence-electron chi connectivity index (χ0n) is 17.7. The minimum atomic E-state index is -2.73. The summed E-state index contributed by atoms with van der Waals surface area (Å²) in [4.78, 5) is 29.3. The van der Waals surface area contributed by atoms with E-state index in [1.165, 1.54) is 12.1 Å². The number of halogens is 2. The number of hydrogen-bond acceptors (Lipinski definition) is 5. The van der Waals surface area contributed by atoms with Crippen molar-refractivity contribution >= 4 is 29.4 Å². The second-order valence-electron chi connectivity index (χ2n) is 8.18. The van der Waals surface area contributed by atoms with Crippen molar-refractivity contribution in [2.24, 2.45) is 0 Å². The van der Waals surface area contributed by atoms with E-state index in [1.54, 1.807) is 36.4 Å². The molecule has 2 N–H and O–H groups in total. The Morgan fingerprint density at radius 1 is 1.00 bits per heavy atom. The van der Waals surface area contributed by atoms with Crippen LogP contribution in [0.2, 0.25) is 0 Å². The van der Waals surface area contributed by atoms with E-state index in [0.717, 1.165) is 10.9 Å². The Morgan fingerprint density at radius 2 is 1.76 bits per heavy atom. The summed E-state index contributed by atoms with van der Waals surface area (Å²) < 4.78 is 28.3. The van der Waals surface area contributed by atoms with Gasteiger partial charge < -0.3 is 4.90 Å². The maximum Gasteiger partial charge on any atom is 0.272 e. The van der Waals surface area contributed by atoms with Gasteiger partial charge >= 0.3 is 0 Å². The van der Waals surface area contributed by atoms with Crippen molar-refractivity contribution in [3.8, 4) is 0 Å². The molecule has 0 saturated carbocycles. The third-order valence-corrected chi connectivity index (χ3v) is 9.23. The first-order valence-electron chi connectivity index (χ1n) is 10.7. The van der Waals surface area contributed by atoms with E-state index in [-0.39, 0.29) is 5.56 Å². The Balaban J connectivity index is 1.40. The highest BCUT2D eigenvalue weighted by atomic mass is 31.2. The molecule has 168 valence electrons. The normalized spacial score (nSPS) is 15.7. The quantitative estimate of drug-likeness (QED) is 0.356. The van der Waals surface area contributed by atoms with Gasteiger partial charge in [-0.2, -0.15) is 9.49 Å². The largest absolute Gasteiger partial charge is 0.349 e. The molecule has 0 amide bonds. The molecule has 1 aliphatic rings. The standard InChI is InChI=1S/C24H21F2N4O2P/c25-19-9-8-16(14-20-17-4-1-2-5-18(17)24(31)29-28-20)15-21(19)33(32)12-10-30(11-13-33)23-7-3-6-22(26)27-23/h1-9,15,32H,10-14H2/p+1. The van der Waals surface area contributed by atoms with Crippen LogP contribution in [0.25, 0.3) is 10.8 Å². The predicted octanol–water partition coefficient (Wildman–Crippen LogP) is 3.26. The summed E-state index contributed by atoms with van der Waals surface area (Å²) in [5, 5.41) is 8.37. The molecule has 4 aromatic rings. The van der Waals surface area contributed by atoms with Crippen molar-refractivity contribution in [2.75, 3.05) is 30.3 Å². The Bertz CT molecular complexity index is 1390. The maximum atomic E-state index is 14.8. The molecular weight excluding hydrogens is 445 g/mol. The van der Waals surface area contributed by atoms with Crippen molar-refractivity contribution in [3.05, 3.63) is 94.0 Å². The van der Waals surface area contributed by atoms with Crippen molar-refractivity contribution in [1.82, 2.24) is 15.2 Å². The van der Waals surface area contributed by atoms with Gasteiger partial charge in [-0.05, 0) is 35.9 Å². The number of fused-ring (bicyclic) bond motifs is 1. The number of benzene rings is 2. The van der Waals surface area contributed by atoms with Gasteiger partial charge in [-0.1, -0.05) is 30.3 Å². The van der Waals surface area contributed by atoms with Gasteiger partial charge in [0.15, 0.2) is 18.6 Å². The minimum absolute atomic E-state index is 0.256. The molecule has 6 nitrogen and oxygen atoms in total. The topological polar surface area (TPSA) is 82.1 Å². The number of pyridine rings is 1. The number of nitrogens with one attached hydrogen (secondary N) is 1. The number of aromatic amines is 1. The van der Waals surface area contributed by atoms with Gasteiger partial charge in [-0.3, -0.25) is 4.79 Å². The van der Waals surface area contributed by atoms with Crippen molar-refractivity contribution in [1.29, 1.82) is 0 Å². The molecule has 1 saturated heterocycles. The zero-order chi connectivity index (χ0) is 23.0. The highest BCUT2D eigenvalue weighted by Gasteiger charge is 2.45. The van der Waals surface area contributed by atoms with Gasteiger partial charge in [0.1, 0.15) is 18.1 Å². The van der Waals surface area contributed by atoms with Crippen LogP contribution >= 0.6 is 7.49 Å². The van der Waals surface area contributed by atoms with Crippen molar-refractivity contribution < 1.29 is 13.7 Å². The molecule has 2 aromatic carbocycles. The number of nitrogens with zero attached hydrogens (tertiary/aromatic N) is 3. The lowest BCUT2D eigenvalue weighted by Crippen LogP contribution is -2.40. The number of aromatic nitrogens is 3. The monoisotopic (exact) mass is 467 g/mol. The van der Waals surface area contributed by atoms with Crippen LogP contribution in [0, 0.1) is 11.8 Å². The molecule has 0 radical (unpaired) electrons. The molecule has 3 heterocycles. The Labute approximate surface area is 189 Å². The Kier molecular flexibility index (Phi) is 5.64. The summed E-state index contributed by atoms with van der Waals surface area (Å²) in [5.41, 5.74) is 1.23. The van der Waals surface area contributed by atoms with Crippen LogP contribution in [0.4, 0.5) is 14.6 Å². The summed E-state index contributed by atoms with van der Waals surface area (Å²) in [6.07, 6.45) is 1.18. The molecule has 9 heteroatoms. The van der Waals surface area contributed by atoms with Crippen LogP contribution in [-0.2, 0) is 6.42 Å². The van der Waals surface area contributed by atoms with Crippen LogP contribution < -0.4 is 15.8 Å². The fourth-order valence-corrected chi connectivity index (χ4v) is 7.05. The fraction of sp³-hybridized carbons (Fsp3) is 0.208. The second kappa shape index (κ2) is 8.61. The van der Waals surface area contributed by atoms with E-state index in [9.17, 15) is 18.5 Å². The molecule has 1 fully saturated rings. The van der Waals surface area contributed by atoms with E-state index in [4.69, 9.17) is 0 Å². The van der Waals surface area contributed by atoms with E-state index >= 15 is 0 Å². The van der Waals surface area contributed by atoms with Crippen LogP contribution in [0.1, 0.15) is 11.3 Å². The molecular formula is C24H22F2N4O2P+. The molecule has 33 heavy (non-hydrogen) atoms. The van der Waals surface area contributed by atoms with Crippen LogP contribution in [0.5, 0.6) is 0 Å². The summed E-state index contributed by atoms with van der Waals surface area (Å²) in [7, 11) is -2.73. The maximum absolute atomic E-state index is 14.8. The molecule has 0 unspecified atom stereocenters. The van der Waals surface area contributed by atoms with Gasteiger partial charge in [0.2, 0.25) is 5.95 Å². The third-order valence-electron chi connectivity index (χ3n) is 6.11. The molecule has 0 atom stereocenters. The molecule has 2 aromatic heterocycles. The van der Waals surface area contributed by atoms with E-state index < -0.39 is 19.3 Å². The predicted molar refractivity (Wildman–Crippen MR) is 126 cm³/mol. The molecule has 1 aliphatic heterocycles. The lowest BCUT2D eigenvalue weighted by molar-refractivity contribution is 0.574. The SMILES string of the molecule is O=c1[nH]nc(Cc2ccc(F)c([P+]3(O)CCN(c4cccc(F)n4)CC3)c2)c2ccccc12. The second-order valence-corrected chi connectivity index (χ2v) is 11.4. The molecule has 0 aliphatic carbocycles. The summed E-state index contributed by atoms with van der Waals surface area (Å²) in [5.74, 6) is -0.456. The van der Waals surface area contributed by atoms with Gasteiger partial charge in [0.25, 0.3) is 5.56 Å². The average Bonchev–Trinajstić information content (AvgIpc) is 2.82. The van der Waals surface area contributed by atoms with Gasteiger partial charge in [0.05, 0.1) is 24.2 Å². The molecule has 0 bridgehead atoms. The van der Waals surface area contributed by atoms with Crippen LogP contribution in [0.3, 0.4) is 0 Å². The van der Waals surface area contributed by atoms with E-state index in [2.05, 4.69) is 15.2 Å². The molecule has 5 rings (SSSR count). The number of anilines is 1. The summed E-state index contributed by atoms with van der Waals surface area (Å²) in [6, 6.07) is 16.6. The van der Waals surface area contributed by atoms with Crippen molar-refractivity contribution in [3.63, 3.8) is 0 Å². The average molecular weight is 467 g/mol. The minimum Gasteiger partial charge on any atom is -0.349 e. The first-order valence-corrected chi connectivity index (χ1v) is 12.8. The smallest absolute Gasteiger partial charge is 0.272 e. The highest BCUT2D eigenvalue weighted by molar-refractivity contribution is 7.77. The van der Waals surface area contributed by atoms with E-state index in [1.807, 2.05) is 17.0 Å². The lowest BCUT2D eigenvalue weighted by Gasteiger charge is -2.33. The summed E-state index contributed by atoms with van der Waals surface area (Å²) in [6.45, 7) is 0.938. The first kappa shape index (κ1) is 21.6.